The van der Waals surface area contributed by atoms with Gasteiger partial charge in [-0.2, -0.15) is 0 Å². The van der Waals surface area contributed by atoms with Crippen LogP contribution in [0.2, 0.25) is 0 Å². The second-order valence-corrected chi connectivity index (χ2v) is 10.6. The van der Waals surface area contributed by atoms with Crippen molar-refractivity contribution in [3.05, 3.63) is 29.8 Å². The minimum atomic E-state index is -3.74. The van der Waals surface area contributed by atoms with Crippen LogP contribution in [0.15, 0.2) is 29.2 Å². The van der Waals surface area contributed by atoms with E-state index < -0.39 is 24.9 Å². The van der Waals surface area contributed by atoms with Crippen LogP contribution in [0.4, 0.5) is 0 Å². The van der Waals surface area contributed by atoms with Crippen LogP contribution < -0.4 is 0 Å². The van der Waals surface area contributed by atoms with Crippen molar-refractivity contribution >= 4 is 25.6 Å². The minimum Gasteiger partial charge on any atom is -0.339 e. The van der Waals surface area contributed by atoms with Gasteiger partial charge in [-0.3, -0.25) is 4.79 Å². The van der Waals surface area contributed by atoms with Gasteiger partial charge in [0, 0.05) is 18.7 Å². The Morgan fingerprint density at radius 3 is 2.48 bits per heavy atom. The summed E-state index contributed by atoms with van der Waals surface area (Å²) >= 11 is 0. The Bertz CT molecular complexity index is 823. The number of rotatable bonds is 3. The van der Waals surface area contributed by atoms with E-state index >= 15 is 0 Å². The van der Waals surface area contributed by atoms with E-state index in [1.807, 2.05) is 0 Å². The first-order valence-corrected chi connectivity index (χ1v) is 11.0. The molecule has 3 rings (SSSR count). The SMILES string of the molecule is O=C(c1cccc(S(=O)(=O)[C@H]2CCS(=O)(=O)C2)c1)N1CCCC1. The van der Waals surface area contributed by atoms with Gasteiger partial charge in [-0.05, 0) is 37.5 Å². The van der Waals surface area contributed by atoms with Gasteiger partial charge in [0.05, 0.1) is 21.7 Å². The first kappa shape index (κ1) is 16.4. The molecule has 0 bridgehead atoms. The highest BCUT2D eigenvalue weighted by molar-refractivity contribution is 7.96. The van der Waals surface area contributed by atoms with Gasteiger partial charge in [-0.15, -0.1) is 0 Å². The molecule has 6 nitrogen and oxygen atoms in total. The molecular formula is C15H19NO5S2. The van der Waals surface area contributed by atoms with Crippen molar-refractivity contribution < 1.29 is 21.6 Å². The summed E-state index contributed by atoms with van der Waals surface area (Å²) in [6.07, 6.45) is 2.04. The molecule has 2 aliphatic rings. The molecule has 0 spiro atoms. The van der Waals surface area contributed by atoms with Crippen LogP contribution in [0, 0.1) is 0 Å². The summed E-state index contributed by atoms with van der Waals surface area (Å²) in [7, 11) is -7.02. The lowest BCUT2D eigenvalue weighted by Gasteiger charge is -2.16. The molecule has 2 heterocycles. The first-order chi connectivity index (χ1) is 10.8. The van der Waals surface area contributed by atoms with Gasteiger partial charge < -0.3 is 4.90 Å². The third-order valence-electron chi connectivity index (χ3n) is 4.43. The van der Waals surface area contributed by atoms with Gasteiger partial charge in [-0.25, -0.2) is 16.8 Å². The molecule has 126 valence electrons. The third-order valence-corrected chi connectivity index (χ3v) is 8.60. The summed E-state index contributed by atoms with van der Waals surface area (Å²) in [5.41, 5.74) is 0.342. The fourth-order valence-corrected chi connectivity index (χ4v) is 7.51. The number of hydrogen-bond acceptors (Lipinski definition) is 5. The molecule has 0 N–H and O–H groups in total. The molecule has 2 fully saturated rings. The quantitative estimate of drug-likeness (QED) is 0.801. The molecule has 0 radical (unpaired) electrons. The second-order valence-electron chi connectivity index (χ2n) is 6.10. The molecule has 0 unspecified atom stereocenters. The Morgan fingerprint density at radius 2 is 1.87 bits per heavy atom. The second kappa shape index (κ2) is 5.90. The molecular weight excluding hydrogens is 338 g/mol. The molecule has 2 aliphatic heterocycles. The van der Waals surface area contributed by atoms with E-state index in [4.69, 9.17) is 0 Å². The summed E-state index contributed by atoms with van der Waals surface area (Å²) < 4.78 is 48.3. The Morgan fingerprint density at radius 1 is 1.17 bits per heavy atom. The number of nitrogens with zero attached hydrogens (tertiary/aromatic N) is 1. The largest absolute Gasteiger partial charge is 0.339 e. The molecule has 0 aliphatic carbocycles. The predicted octanol–water partition coefficient (Wildman–Crippen LogP) is 0.883. The molecule has 1 aromatic rings. The van der Waals surface area contributed by atoms with Gasteiger partial charge >= 0.3 is 0 Å². The standard InChI is InChI=1S/C15H19NO5S2/c17-15(16-7-1-2-8-16)12-4-3-5-13(10-12)23(20,21)14-6-9-22(18,19)11-14/h3-5,10,14H,1-2,6-9,11H2/t14-/m0/s1. The van der Waals surface area contributed by atoms with Crippen molar-refractivity contribution in [1.82, 2.24) is 4.90 Å². The van der Waals surface area contributed by atoms with E-state index in [0.717, 1.165) is 12.8 Å². The van der Waals surface area contributed by atoms with Crippen LogP contribution in [-0.2, 0) is 19.7 Å². The summed E-state index contributed by atoms with van der Waals surface area (Å²) in [5, 5.41) is -0.912. The average molecular weight is 357 g/mol. The Balaban J connectivity index is 1.88. The predicted molar refractivity (Wildman–Crippen MR) is 85.8 cm³/mol. The summed E-state index contributed by atoms with van der Waals surface area (Å²) in [6, 6.07) is 5.95. The van der Waals surface area contributed by atoms with Gasteiger partial charge in [0.1, 0.15) is 0 Å². The summed E-state index contributed by atoms with van der Waals surface area (Å²) in [6.45, 7) is 1.38. The lowest BCUT2D eigenvalue weighted by Crippen LogP contribution is -2.28. The molecule has 1 atom stereocenters. The number of carbonyl (C=O) groups excluding carboxylic acids is 1. The van der Waals surface area contributed by atoms with Gasteiger partial charge in [0.25, 0.3) is 5.91 Å². The monoisotopic (exact) mass is 357 g/mol. The van der Waals surface area contributed by atoms with Crippen molar-refractivity contribution in [2.75, 3.05) is 24.6 Å². The highest BCUT2D eigenvalue weighted by atomic mass is 32.2. The maximum absolute atomic E-state index is 12.6. The van der Waals surface area contributed by atoms with Crippen LogP contribution >= 0.6 is 0 Å². The maximum Gasteiger partial charge on any atom is 0.253 e. The molecule has 0 aromatic heterocycles. The van der Waals surface area contributed by atoms with Crippen molar-refractivity contribution in [2.24, 2.45) is 0 Å². The minimum absolute atomic E-state index is 0.0321. The Kier molecular flexibility index (Phi) is 4.22. The van der Waals surface area contributed by atoms with Gasteiger partial charge in [-0.1, -0.05) is 6.07 Å². The van der Waals surface area contributed by atoms with E-state index in [9.17, 15) is 21.6 Å². The molecule has 23 heavy (non-hydrogen) atoms. The zero-order valence-electron chi connectivity index (χ0n) is 12.6. The molecule has 0 saturated carbocycles. The zero-order chi connectivity index (χ0) is 16.7. The topological polar surface area (TPSA) is 88.6 Å². The molecule has 1 amide bonds. The zero-order valence-corrected chi connectivity index (χ0v) is 14.3. The fraction of sp³-hybridized carbons (Fsp3) is 0.533. The molecule has 8 heteroatoms. The maximum atomic E-state index is 12.6. The van der Waals surface area contributed by atoms with Crippen LogP contribution in [0.25, 0.3) is 0 Å². The van der Waals surface area contributed by atoms with Crippen LogP contribution in [0.5, 0.6) is 0 Å². The lowest BCUT2D eigenvalue weighted by atomic mass is 10.2. The number of benzene rings is 1. The van der Waals surface area contributed by atoms with Crippen LogP contribution in [0.3, 0.4) is 0 Å². The number of likely N-dealkylation sites (tertiary alicyclic amines) is 1. The number of amides is 1. The highest BCUT2D eigenvalue weighted by Crippen LogP contribution is 2.26. The van der Waals surface area contributed by atoms with Crippen LogP contribution in [-0.4, -0.2) is 57.5 Å². The van der Waals surface area contributed by atoms with Crippen molar-refractivity contribution in [2.45, 2.75) is 29.4 Å². The van der Waals surface area contributed by atoms with Crippen molar-refractivity contribution in [3.8, 4) is 0 Å². The Labute approximate surface area is 136 Å². The smallest absolute Gasteiger partial charge is 0.253 e. The number of carbonyl (C=O) groups is 1. The normalized spacial score (nSPS) is 24.0. The first-order valence-electron chi connectivity index (χ1n) is 7.63. The van der Waals surface area contributed by atoms with Gasteiger partial charge in [0.2, 0.25) is 0 Å². The van der Waals surface area contributed by atoms with Crippen molar-refractivity contribution in [3.63, 3.8) is 0 Å². The van der Waals surface area contributed by atoms with E-state index in [2.05, 4.69) is 0 Å². The third kappa shape index (κ3) is 3.28. The van der Waals surface area contributed by atoms with Crippen molar-refractivity contribution in [1.29, 1.82) is 0 Å². The van der Waals surface area contributed by atoms with Crippen LogP contribution in [0.1, 0.15) is 29.6 Å². The van der Waals surface area contributed by atoms with Gasteiger partial charge in [0.15, 0.2) is 19.7 Å². The fourth-order valence-electron chi connectivity index (χ4n) is 3.11. The van der Waals surface area contributed by atoms with E-state index in [1.165, 1.54) is 12.1 Å². The van der Waals surface area contributed by atoms with E-state index in [0.29, 0.717) is 18.7 Å². The highest BCUT2D eigenvalue weighted by Gasteiger charge is 2.38. The van der Waals surface area contributed by atoms with E-state index in [1.54, 1.807) is 17.0 Å². The average Bonchev–Trinajstić information content (AvgIpc) is 3.16. The number of hydrogen-bond donors (Lipinski definition) is 0. The van der Waals surface area contributed by atoms with E-state index in [-0.39, 0.29) is 28.7 Å². The summed E-state index contributed by atoms with van der Waals surface area (Å²) in [5.74, 6) is -0.596. The Hall–Kier alpha value is -1.41. The molecule has 1 aromatic carbocycles. The summed E-state index contributed by atoms with van der Waals surface area (Å²) in [4.78, 5) is 14.1. The lowest BCUT2D eigenvalue weighted by molar-refractivity contribution is 0.0792. The number of sulfone groups is 2. The molecule has 2 saturated heterocycles.